The quantitative estimate of drug-likeness (QED) is 0.539. The van der Waals surface area contributed by atoms with Crippen LogP contribution in [0, 0.1) is 30.1 Å². The van der Waals surface area contributed by atoms with E-state index in [0.29, 0.717) is 36.9 Å². The Morgan fingerprint density at radius 2 is 1.53 bits per heavy atom. The van der Waals surface area contributed by atoms with E-state index in [-0.39, 0.29) is 11.2 Å². The Morgan fingerprint density at radius 3 is 2.25 bits per heavy atom. The molecule has 2 heterocycles. The first-order valence-corrected chi connectivity index (χ1v) is 14.4. The van der Waals surface area contributed by atoms with Crippen LogP contribution in [0.1, 0.15) is 82.3 Å². The van der Waals surface area contributed by atoms with Crippen LogP contribution < -0.4 is 0 Å². The minimum atomic E-state index is -0.987. The van der Waals surface area contributed by atoms with Gasteiger partial charge < -0.3 is 24.1 Å². The molecule has 3 saturated carbocycles. The SMILES string of the molecule is Cc1ccc([C@H]2C[C@@]3(C)C(CC[C@]3(O)C3(C)OCCO3)C3CCC4CC5(CCC4=C32)OCCO5)cc1. The molecule has 0 bridgehead atoms. The fourth-order valence-corrected chi connectivity index (χ4v) is 9.59. The molecule has 1 spiro atoms. The molecule has 196 valence electrons. The number of ether oxygens (including phenoxy) is 4. The molecule has 1 N–H and O–H groups in total. The number of hydrogen-bond donors (Lipinski definition) is 1. The summed E-state index contributed by atoms with van der Waals surface area (Å²) in [5.74, 6) is 0.573. The van der Waals surface area contributed by atoms with E-state index in [4.69, 9.17) is 18.9 Å². The van der Waals surface area contributed by atoms with Gasteiger partial charge in [-0.05, 0) is 75.7 Å². The van der Waals surface area contributed by atoms with E-state index in [2.05, 4.69) is 38.1 Å². The van der Waals surface area contributed by atoms with Crippen molar-refractivity contribution in [1.29, 1.82) is 0 Å². The summed E-state index contributed by atoms with van der Waals surface area (Å²) >= 11 is 0. The van der Waals surface area contributed by atoms with Gasteiger partial charge >= 0.3 is 0 Å². The molecule has 0 radical (unpaired) electrons. The lowest BCUT2D eigenvalue weighted by Crippen LogP contribution is -2.63. The van der Waals surface area contributed by atoms with E-state index in [1.165, 1.54) is 24.0 Å². The maximum atomic E-state index is 12.5. The highest BCUT2D eigenvalue weighted by Gasteiger charge is 2.70. The van der Waals surface area contributed by atoms with Crippen molar-refractivity contribution < 1.29 is 24.1 Å². The normalized spacial score (nSPS) is 42.9. The number of aliphatic hydroxyl groups is 1. The van der Waals surface area contributed by atoms with Crippen LogP contribution in [0.3, 0.4) is 0 Å². The van der Waals surface area contributed by atoms with Crippen molar-refractivity contribution in [3.63, 3.8) is 0 Å². The summed E-state index contributed by atoms with van der Waals surface area (Å²) in [5.41, 5.74) is 4.83. The van der Waals surface area contributed by atoms with Crippen LogP contribution >= 0.6 is 0 Å². The summed E-state index contributed by atoms with van der Waals surface area (Å²) in [6.07, 6.45) is 8.18. The van der Waals surface area contributed by atoms with Gasteiger partial charge in [-0.15, -0.1) is 0 Å². The molecular weight excluding hydrogens is 452 g/mol. The molecular formula is C31H42O5. The summed E-state index contributed by atoms with van der Waals surface area (Å²) < 4.78 is 24.7. The predicted molar refractivity (Wildman–Crippen MR) is 136 cm³/mol. The Bertz CT molecular complexity index is 1050. The van der Waals surface area contributed by atoms with E-state index in [1.807, 2.05) is 6.92 Å². The molecule has 0 aromatic heterocycles. The third-order valence-corrected chi connectivity index (χ3v) is 11.4. The second-order valence-corrected chi connectivity index (χ2v) is 12.9. The number of fused-ring (bicyclic) bond motifs is 4. The Labute approximate surface area is 215 Å². The van der Waals surface area contributed by atoms with Gasteiger partial charge in [-0.2, -0.15) is 0 Å². The minimum Gasteiger partial charge on any atom is -0.384 e. The van der Waals surface area contributed by atoms with Gasteiger partial charge in [-0.1, -0.05) is 47.9 Å². The van der Waals surface area contributed by atoms with Crippen LogP contribution in [-0.2, 0) is 18.9 Å². The van der Waals surface area contributed by atoms with Crippen molar-refractivity contribution >= 4 is 0 Å². The van der Waals surface area contributed by atoms with Gasteiger partial charge in [-0.3, -0.25) is 0 Å². The predicted octanol–water partition coefficient (Wildman–Crippen LogP) is 5.64. The van der Waals surface area contributed by atoms with E-state index in [9.17, 15) is 5.11 Å². The summed E-state index contributed by atoms with van der Waals surface area (Å²) in [6.45, 7) is 9.09. The molecule has 2 saturated heterocycles. The average molecular weight is 495 g/mol. The molecule has 3 unspecified atom stereocenters. The van der Waals surface area contributed by atoms with Crippen LogP contribution in [0.25, 0.3) is 0 Å². The topological polar surface area (TPSA) is 57.2 Å². The van der Waals surface area contributed by atoms with Crippen molar-refractivity contribution in [3.05, 3.63) is 46.5 Å². The summed E-state index contributed by atoms with van der Waals surface area (Å²) in [4.78, 5) is 0. The Hall–Kier alpha value is -1.24. The van der Waals surface area contributed by atoms with Gasteiger partial charge in [0.1, 0.15) is 5.60 Å². The number of rotatable bonds is 2. The maximum absolute atomic E-state index is 12.5. The second-order valence-electron chi connectivity index (χ2n) is 12.9. The first-order valence-electron chi connectivity index (χ1n) is 14.4. The first kappa shape index (κ1) is 23.8. The van der Waals surface area contributed by atoms with Crippen molar-refractivity contribution in [3.8, 4) is 0 Å². The van der Waals surface area contributed by atoms with E-state index in [1.54, 1.807) is 11.1 Å². The van der Waals surface area contributed by atoms with Gasteiger partial charge in [0.2, 0.25) is 0 Å². The Morgan fingerprint density at radius 1 is 0.833 bits per heavy atom. The molecule has 0 amide bonds. The molecule has 4 aliphatic carbocycles. The van der Waals surface area contributed by atoms with Crippen molar-refractivity contribution in [1.82, 2.24) is 0 Å². The molecule has 5 nitrogen and oxygen atoms in total. The molecule has 2 aliphatic heterocycles. The number of benzene rings is 1. The largest absolute Gasteiger partial charge is 0.384 e. The van der Waals surface area contributed by atoms with E-state index >= 15 is 0 Å². The zero-order chi connectivity index (χ0) is 24.8. The molecule has 5 heteroatoms. The molecule has 36 heavy (non-hydrogen) atoms. The molecule has 1 aromatic rings. The van der Waals surface area contributed by atoms with Gasteiger partial charge in [0.25, 0.3) is 0 Å². The average Bonchev–Trinajstić information content (AvgIpc) is 3.59. The molecule has 1 aromatic carbocycles. The zero-order valence-electron chi connectivity index (χ0n) is 22.2. The number of aryl methyl sites for hydroxylation is 1. The molecule has 6 atom stereocenters. The second kappa shape index (κ2) is 8.13. The standard InChI is InChI=1S/C31H42O5/c1-20-4-6-21(7-5-20)25-19-28(2)26(11-13-31(28,32)29(3)33-14-15-34-29)24-9-8-22-18-30(35-16-17-36-30)12-10-23(22)27(24)25/h4-7,22,24-26,32H,8-19H2,1-3H3/t22?,24?,25-,26?,28+,31-/m1/s1. The molecule has 5 fully saturated rings. The highest BCUT2D eigenvalue weighted by Crippen LogP contribution is 2.69. The van der Waals surface area contributed by atoms with Crippen molar-refractivity contribution in [2.75, 3.05) is 26.4 Å². The third kappa shape index (κ3) is 3.19. The highest BCUT2D eigenvalue weighted by molar-refractivity contribution is 5.42. The van der Waals surface area contributed by atoms with E-state index < -0.39 is 11.4 Å². The molecule has 6 aliphatic rings. The Kier molecular flexibility index (Phi) is 5.38. The smallest absolute Gasteiger partial charge is 0.195 e. The van der Waals surface area contributed by atoms with E-state index in [0.717, 1.165) is 51.7 Å². The first-order chi connectivity index (χ1) is 17.3. The van der Waals surface area contributed by atoms with Crippen LogP contribution in [0.15, 0.2) is 35.4 Å². The van der Waals surface area contributed by atoms with Gasteiger partial charge in [0, 0.05) is 24.2 Å². The number of hydrogen-bond acceptors (Lipinski definition) is 5. The third-order valence-electron chi connectivity index (χ3n) is 11.4. The molecule has 7 rings (SSSR count). The summed E-state index contributed by atoms with van der Waals surface area (Å²) in [6, 6.07) is 9.19. The lowest BCUT2D eigenvalue weighted by Gasteiger charge is -2.58. The van der Waals surface area contributed by atoms with Crippen LogP contribution in [0.5, 0.6) is 0 Å². The fourth-order valence-electron chi connectivity index (χ4n) is 9.59. The lowest BCUT2D eigenvalue weighted by molar-refractivity contribution is -0.296. The van der Waals surface area contributed by atoms with Crippen molar-refractivity contribution in [2.45, 2.75) is 95.2 Å². The zero-order valence-corrected chi connectivity index (χ0v) is 22.2. The van der Waals surface area contributed by atoms with Gasteiger partial charge in [0.05, 0.1) is 26.4 Å². The lowest BCUT2D eigenvalue weighted by atomic mass is 9.49. The number of allylic oxidation sites excluding steroid dienone is 2. The summed E-state index contributed by atoms with van der Waals surface area (Å²) in [7, 11) is 0. The minimum absolute atomic E-state index is 0.267. The monoisotopic (exact) mass is 494 g/mol. The van der Waals surface area contributed by atoms with Crippen LogP contribution in [-0.4, -0.2) is 48.7 Å². The van der Waals surface area contributed by atoms with Gasteiger partial charge in [-0.25, -0.2) is 0 Å². The van der Waals surface area contributed by atoms with Crippen LogP contribution in [0.2, 0.25) is 0 Å². The van der Waals surface area contributed by atoms with Crippen molar-refractivity contribution in [2.24, 2.45) is 23.2 Å². The maximum Gasteiger partial charge on any atom is 0.195 e. The van der Waals surface area contributed by atoms with Gasteiger partial charge in [0.15, 0.2) is 11.6 Å². The Balaban J connectivity index is 1.33. The highest BCUT2D eigenvalue weighted by atomic mass is 16.8. The summed E-state index contributed by atoms with van der Waals surface area (Å²) in [5, 5.41) is 12.5. The van der Waals surface area contributed by atoms with Crippen LogP contribution in [0.4, 0.5) is 0 Å². The fraction of sp³-hybridized carbons (Fsp3) is 0.742.